The fourth-order valence-corrected chi connectivity index (χ4v) is 2.06. The minimum atomic E-state index is 0.172. The first-order valence-electron chi connectivity index (χ1n) is 5.31. The molecular formula is C12H16N2O. The zero-order chi connectivity index (χ0) is 11.0. The van der Waals surface area contributed by atoms with Crippen molar-refractivity contribution in [2.45, 2.75) is 26.2 Å². The highest BCUT2D eigenvalue weighted by atomic mass is 16.2. The van der Waals surface area contributed by atoms with E-state index in [1.807, 2.05) is 13.1 Å². The molecule has 0 saturated heterocycles. The second-order valence-corrected chi connectivity index (χ2v) is 3.99. The monoisotopic (exact) mass is 204 g/mol. The van der Waals surface area contributed by atoms with Crippen molar-refractivity contribution in [1.29, 1.82) is 0 Å². The second kappa shape index (κ2) is 3.57. The van der Waals surface area contributed by atoms with Crippen LogP contribution in [0, 0.1) is 0 Å². The molecule has 2 N–H and O–H groups in total. The van der Waals surface area contributed by atoms with Crippen molar-refractivity contribution in [2.75, 3.05) is 17.7 Å². The number of hydrogen-bond donors (Lipinski definition) is 1. The molecule has 1 aromatic carbocycles. The van der Waals surface area contributed by atoms with Gasteiger partial charge in [0, 0.05) is 24.8 Å². The number of amides is 1. The normalized spacial score (nSPS) is 15.3. The lowest BCUT2D eigenvalue weighted by Crippen LogP contribution is -2.31. The van der Waals surface area contributed by atoms with Crippen molar-refractivity contribution in [3.8, 4) is 0 Å². The Labute approximate surface area is 89.9 Å². The first-order valence-corrected chi connectivity index (χ1v) is 5.31. The van der Waals surface area contributed by atoms with Crippen LogP contribution in [0.4, 0.5) is 11.4 Å². The summed E-state index contributed by atoms with van der Waals surface area (Å²) in [5.41, 5.74) is 10.1. The summed E-state index contributed by atoms with van der Waals surface area (Å²) < 4.78 is 0. The van der Waals surface area contributed by atoms with E-state index in [9.17, 15) is 4.79 Å². The summed E-state index contributed by atoms with van der Waals surface area (Å²) in [6, 6.07) is 4.05. The molecule has 0 spiro atoms. The number of aryl methyl sites for hydroxylation is 2. The molecule has 0 unspecified atom stereocenters. The van der Waals surface area contributed by atoms with Crippen molar-refractivity contribution in [3.05, 3.63) is 23.3 Å². The highest BCUT2D eigenvalue weighted by Gasteiger charge is 2.21. The van der Waals surface area contributed by atoms with Crippen molar-refractivity contribution in [3.63, 3.8) is 0 Å². The van der Waals surface area contributed by atoms with Crippen LogP contribution in [-0.4, -0.2) is 13.0 Å². The van der Waals surface area contributed by atoms with Crippen molar-refractivity contribution in [2.24, 2.45) is 0 Å². The summed E-state index contributed by atoms with van der Waals surface area (Å²) >= 11 is 0. The summed E-state index contributed by atoms with van der Waals surface area (Å²) in [5, 5.41) is 0. The number of carbonyl (C=O) groups excluding carboxylic acids is 1. The van der Waals surface area contributed by atoms with Crippen LogP contribution in [0.1, 0.15) is 24.5 Å². The van der Waals surface area contributed by atoms with Gasteiger partial charge in [0.05, 0.1) is 0 Å². The van der Waals surface area contributed by atoms with E-state index in [-0.39, 0.29) is 5.91 Å². The zero-order valence-electron chi connectivity index (χ0n) is 9.21. The third-order valence-corrected chi connectivity index (χ3v) is 3.07. The van der Waals surface area contributed by atoms with Crippen LogP contribution in [0.25, 0.3) is 0 Å². The average molecular weight is 204 g/mol. The molecule has 1 heterocycles. The predicted octanol–water partition coefficient (Wildman–Crippen LogP) is 1.74. The maximum atomic E-state index is 11.5. The molecule has 1 aromatic rings. The Balaban J connectivity index is 2.52. The van der Waals surface area contributed by atoms with Crippen molar-refractivity contribution < 1.29 is 4.79 Å². The van der Waals surface area contributed by atoms with Gasteiger partial charge in [-0.2, -0.15) is 0 Å². The molecule has 3 nitrogen and oxygen atoms in total. The molecule has 0 bridgehead atoms. The fourth-order valence-electron chi connectivity index (χ4n) is 2.06. The number of anilines is 2. The number of carbonyl (C=O) groups is 1. The van der Waals surface area contributed by atoms with Crippen LogP contribution < -0.4 is 10.6 Å². The van der Waals surface area contributed by atoms with Crippen LogP contribution in [0.3, 0.4) is 0 Å². The maximum Gasteiger partial charge on any atom is 0.227 e. The molecule has 3 heteroatoms. The van der Waals surface area contributed by atoms with Crippen molar-refractivity contribution in [1.82, 2.24) is 0 Å². The lowest BCUT2D eigenvalue weighted by molar-refractivity contribution is -0.118. The predicted molar refractivity (Wildman–Crippen MR) is 62.0 cm³/mol. The number of hydrogen-bond acceptors (Lipinski definition) is 2. The van der Waals surface area contributed by atoms with Gasteiger partial charge in [-0.3, -0.25) is 4.79 Å². The second-order valence-electron chi connectivity index (χ2n) is 3.99. The SMILES string of the molecule is CCc1cc2c(cc1N)N(C)C(=O)CC2. The van der Waals surface area contributed by atoms with E-state index in [0.717, 1.165) is 24.2 Å². The van der Waals surface area contributed by atoms with Gasteiger partial charge in [-0.05, 0) is 30.0 Å². The average Bonchev–Trinajstić information content (AvgIpc) is 2.24. The van der Waals surface area contributed by atoms with Gasteiger partial charge in [0.2, 0.25) is 5.91 Å². The van der Waals surface area contributed by atoms with Crippen LogP contribution in [0.2, 0.25) is 0 Å². The van der Waals surface area contributed by atoms with Crippen LogP contribution >= 0.6 is 0 Å². The molecule has 0 fully saturated rings. The van der Waals surface area contributed by atoms with Crippen molar-refractivity contribution >= 4 is 17.3 Å². The first kappa shape index (κ1) is 10.0. The Kier molecular flexibility index (Phi) is 2.39. The Morgan fingerprint density at radius 2 is 2.13 bits per heavy atom. The Morgan fingerprint density at radius 1 is 1.40 bits per heavy atom. The molecule has 0 aromatic heterocycles. The molecule has 15 heavy (non-hydrogen) atoms. The molecule has 0 radical (unpaired) electrons. The van der Waals surface area contributed by atoms with E-state index in [2.05, 4.69) is 13.0 Å². The Morgan fingerprint density at radius 3 is 2.80 bits per heavy atom. The number of rotatable bonds is 1. The number of nitrogens with zero attached hydrogens (tertiary/aromatic N) is 1. The minimum absolute atomic E-state index is 0.172. The third-order valence-electron chi connectivity index (χ3n) is 3.07. The van der Waals surface area contributed by atoms with E-state index >= 15 is 0 Å². The van der Waals surface area contributed by atoms with Gasteiger partial charge < -0.3 is 10.6 Å². The molecule has 1 aliphatic rings. The molecular weight excluding hydrogens is 188 g/mol. The summed E-state index contributed by atoms with van der Waals surface area (Å²) in [6.07, 6.45) is 2.39. The molecule has 0 atom stereocenters. The highest BCUT2D eigenvalue weighted by molar-refractivity contribution is 5.96. The quantitative estimate of drug-likeness (QED) is 0.708. The zero-order valence-corrected chi connectivity index (χ0v) is 9.21. The van der Waals surface area contributed by atoms with Crippen LogP contribution in [0.15, 0.2) is 12.1 Å². The molecule has 1 aliphatic heterocycles. The lowest BCUT2D eigenvalue weighted by atomic mass is 9.97. The summed E-state index contributed by atoms with van der Waals surface area (Å²) in [5.74, 6) is 0.172. The molecule has 0 aliphatic carbocycles. The first-order chi connectivity index (χ1) is 7.13. The van der Waals surface area contributed by atoms with Gasteiger partial charge >= 0.3 is 0 Å². The standard InChI is InChI=1S/C12H16N2O/c1-3-8-6-9-4-5-12(15)14(2)11(9)7-10(8)13/h6-7H,3-5,13H2,1-2H3. The molecule has 2 rings (SSSR count). The largest absolute Gasteiger partial charge is 0.398 e. The van der Waals surface area contributed by atoms with Crippen LogP contribution in [-0.2, 0) is 17.6 Å². The van der Waals surface area contributed by atoms with Gasteiger partial charge in [-0.15, -0.1) is 0 Å². The number of benzene rings is 1. The number of nitrogens with two attached hydrogens (primary N) is 1. The minimum Gasteiger partial charge on any atom is -0.398 e. The van der Waals surface area contributed by atoms with E-state index in [1.54, 1.807) is 4.90 Å². The van der Waals surface area contributed by atoms with Crippen LogP contribution in [0.5, 0.6) is 0 Å². The topological polar surface area (TPSA) is 46.3 Å². The number of fused-ring (bicyclic) bond motifs is 1. The third kappa shape index (κ3) is 1.58. The van der Waals surface area contributed by atoms with Gasteiger partial charge in [0.1, 0.15) is 0 Å². The Hall–Kier alpha value is -1.51. The molecule has 0 saturated carbocycles. The molecule has 1 amide bonds. The summed E-state index contributed by atoms with van der Waals surface area (Å²) in [6.45, 7) is 2.09. The van der Waals surface area contributed by atoms with Gasteiger partial charge in [-0.25, -0.2) is 0 Å². The highest BCUT2D eigenvalue weighted by Crippen LogP contribution is 2.31. The smallest absolute Gasteiger partial charge is 0.227 e. The van der Waals surface area contributed by atoms with Gasteiger partial charge in [0.25, 0.3) is 0 Å². The fraction of sp³-hybridized carbons (Fsp3) is 0.417. The van der Waals surface area contributed by atoms with Gasteiger partial charge in [0.15, 0.2) is 0 Å². The summed E-state index contributed by atoms with van der Waals surface area (Å²) in [7, 11) is 1.81. The lowest BCUT2D eigenvalue weighted by Gasteiger charge is -2.26. The van der Waals surface area contributed by atoms with E-state index < -0.39 is 0 Å². The summed E-state index contributed by atoms with van der Waals surface area (Å²) in [4.78, 5) is 13.2. The number of nitrogen functional groups attached to an aromatic ring is 1. The van der Waals surface area contributed by atoms with E-state index in [4.69, 9.17) is 5.73 Å². The van der Waals surface area contributed by atoms with Gasteiger partial charge in [-0.1, -0.05) is 13.0 Å². The molecule has 80 valence electrons. The van der Waals surface area contributed by atoms with E-state index in [1.165, 1.54) is 11.1 Å². The maximum absolute atomic E-state index is 11.5. The Bertz CT molecular complexity index is 412. The van der Waals surface area contributed by atoms with E-state index in [0.29, 0.717) is 6.42 Å².